The number of hydrogen-bond acceptors (Lipinski definition) is 5. The minimum Gasteiger partial charge on any atom is -0.478 e. The van der Waals surface area contributed by atoms with Crippen LogP contribution in [0.15, 0.2) is 60.7 Å². The van der Waals surface area contributed by atoms with E-state index in [0.717, 1.165) is 47.1 Å². The maximum atomic E-state index is 13.9. The predicted molar refractivity (Wildman–Crippen MR) is 118 cm³/mol. The summed E-state index contributed by atoms with van der Waals surface area (Å²) in [6.07, 6.45) is 3.14. The van der Waals surface area contributed by atoms with Gasteiger partial charge in [0, 0.05) is 40.9 Å². The number of carboxylic acid groups (broad SMARTS) is 2. The van der Waals surface area contributed by atoms with Gasteiger partial charge in [0.15, 0.2) is 0 Å². The van der Waals surface area contributed by atoms with Crippen molar-refractivity contribution in [2.45, 2.75) is 31.9 Å². The fourth-order valence-corrected chi connectivity index (χ4v) is 3.59. The van der Waals surface area contributed by atoms with Crippen LogP contribution in [0.1, 0.15) is 35.8 Å². The summed E-state index contributed by atoms with van der Waals surface area (Å²) < 4.78 is 13.9. The number of fused-ring (bicyclic) bond motifs is 2. The van der Waals surface area contributed by atoms with Gasteiger partial charge in [-0.15, -0.1) is 0 Å². The van der Waals surface area contributed by atoms with E-state index in [9.17, 15) is 19.1 Å². The number of aromatic nitrogens is 1. The number of anilines is 1. The SMILES string of the molecule is O=C(O)C=CC(=O)O.OC1CCCc2nc3ccccc3c(NCc3ccccc3F)c21. The summed E-state index contributed by atoms with van der Waals surface area (Å²) in [6.45, 7) is 0.375. The zero-order valence-electron chi connectivity index (χ0n) is 17.2. The van der Waals surface area contributed by atoms with Crippen molar-refractivity contribution in [1.29, 1.82) is 0 Å². The zero-order valence-corrected chi connectivity index (χ0v) is 17.2. The number of para-hydroxylation sites is 1. The molecular weight excluding hydrogens is 415 g/mol. The van der Waals surface area contributed by atoms with Crippen molar-refractivity contribution >= 4 is 28.5 Å². The summed E-state index contributed by atoms with van der Waals surface area (Å²) in [6, 6.07) is 14.6. The summed E-state index contributed by atoms with van der Waals surface area (Å²) in [5.74, 6) is -2.74. The third kappa shape index (κ3) is 5.67. The minimum absolute atomic E-state index is 0.224. The van der Waals surface area contributed by atoms with Gasteiger partial charge in [-0.25, -0.2) is 14.0 Å². The molecule has 0 saturated carbocycles. The number of nitrogens with zero attached hydrogens (tertiary/aromatic N) is 1. The maximum absolute atomic E-state index is 13.9. The third-order valence-corrected chi connectivity index (χ3v) is 5.02. The lowest BCUT2D eigenvalue weighted by Gasteiger charge is -2.25. The molecule has 1 aromatic heterocycles. The Balaban J connectivity index is 0.000000312. The van der Waals surface area contributed by atoms with Crippen LogP contribution >= 0.6 is 0 Å². The van der Waals surface area contributed by atoms with Gasteiger partial charge in [0.05, 0.1) is 17.3 Å². The van der Waals surface area contributed by atoms with Gasteiger partial charge in [0.1, 0.15) is 5.82 Å². The van der Waals surface area contributed by atoms with E-state index in [1.807, 2.05) is 30.3 Å². The molecular formula is C24H23FN2O5. The quantitative estimate of drug-likeness (QED) is 0.443. The van der Waals surface area contributed by atoms with E-state index >= 15 is 0 Å². The van der Waals surface area contributed by atoms with Crippen LogP contribution in [0.3, 0.4) is 0 Å². The van der Waals surface area contributed by atoms with E-state index in [0.29, 0.717) is 24.3 Å². The number of benzene rings is 2. The Morgan fingerprint density at radius 1 is 1.06 bits per heavy atom. The molecule has 0 aliphatic heterocycles. The van der Waals surface area contributed by atoms with Gasteiger partial charge in [-0.1, -0.05) is 36.4 Å². The summed E-state index contributed by atoms with van der Waals surface area (Å²) >= 11 is 0. The number of hydrogen-bond donors (Lipinski definition) is 4. The van der Waals surface area contributed by atoms with E-state index in [2.05, 4.69) is 5.32 Å². The predicted octanol–water partition coefficient (Wildman–Crippen LogP) is 4.07. The third-order valence-electron chi connectivity index (χ3n) is 5.02. The van der Waals surface area contributed by atoms with Crippen LogP contribution in [0.4, 0.5) is 10.1 Å². The molecule has 0 amide bonds. The second-order valence-corrected chi connectivity index (χ2v) is 7.23. The average molecular weight is 438 g/mol. The molecule has 2 aromatic carbocycles. The molecule has 0 radical (unpaired) electrons. The number of nitrogens with one attached hydrogen (secondary N) is 1. The van der Waals surface area contributed by atoms with Crippen molar-refractivity contribution in [2.75, 3.05) is 5.32 Å². The van der Waals surface area contributed by atoms with E-state index in [-0.39, 0.29) is 5.82 Å². The minimum atomic E-state index is -1.26. The summed E-state index contributed by atoms with van der Waals surface area (Å²) in [7, 11) is 0. The van der Waals surface area contributed by atoms with Crippen molar-refractivity contribution in [3.8, 4) is 0 Å². The maximum Gasteiger partial charge on any atom is 0.328 e. The Morgan fingerprint density at radius 3 is 2.41 bits per heavy atom. The number of aliphatic hydroxyl groups excluding tert-OH is 1. The van der Waals surface area contributed by atoms with Gasteiger partial charge in [0.2, 0.25) is 0 Å². The Hall–Kier alpha value is -3.78. The molecule has 1 aliphatic carbocycles. The number of halogens is 1. The lowest BCUT2D eigenvalue weighted by molar-refractivity contribution is -0.134. The number of carboxylic acids is 2. The topological polar surface area (TPSA) is 120 Å². The van der Waals surface area contributed by atoms with Crippen LogP contribution in [0.25, 0.3) is 10.9 Å². The molecule has 32 heavy (non-hydrogen) atoms. The molecule has 1 aliphatic rings. The molecule has 4 N–H and O–H groups in total. The highest BCUT2D eigenvalue weighted by atomic mass is 19.1. The number of aliphatic carboxylic acids is 2. The molecule has 1 heterocycles. The average Bonchev–Trinajstić information content (AvgIpc) is 2.77. The molecule has 166 valence electrons. The van der Waals surface area contributed by atoms with Crippen molar-refractivity contribution in [2.24, 2.45) is 0 Å². The second-order valence-electron chi connectivity index (χ2n) is 7.23. The first-order chi connectivity index (χ1) is 15.4. The highest BCUT2D eigenvalue weighted by Gasteiger charge is 2.24. The summed E-state index contributed by atoms with van der Waals surface area (Å²) in [4.78, 5) is 23.8. The molecule has 7 nitrogen and oxygen atoms in total. The standard InChI is InChI=1S/C20H19FN2O.C4H4O4/c21-15-8-3-1-6-13(15)12-22-20-14-7-2-4-9-16(14)23-17-10-5-11-18(24)19(17)20;5-3(6)1-2-4(7)8/h1-4,6-9,18,24H,5,10-12H2,(H,22,23);1-2H,(H,5,6)(H,7,8). The smallest absolute Gasteiger partial charge is 0.328 e. The van der Waals surface area contributed by atoms with E-state index in [1.165, 1.54) is 6.07 Å². The fourth-order valence-electron chi connectivity index (χ4n) is 3.59. The van der Waals surface area contributed by atoms with Crippen molar-refractivity contribution in [3.63, 3.8) is 0 Å². The van der Waals surface area contributed by atoms with Gasteiger partial charge in [-0.2, -0.15) is 0 Å². The highest BCUT2D eigenvalue weighted by molar-refractivity contribution is 5.93. The van der Waals surface area contributed by atoms with E-state index in [4.69, 9.17) is 15.2 Å². The number of aliphatic hydroxyl groups is 1. The van der Waals surface area contributed by atoms with Gasteiger partial charge in [0.25, 0.3) is 0 Å². The number of rotatable bonds is 5. The van der Waals surface area contributed by atoms with Crippen LogP contribution in [0.5, 0.6) is 0 Å². The Labute approximate surface area is 183 Å². The van der Waals surface area contributed by atoms with Crippen LogP contribution in [-0.4, -0.2) is 32.2 Å². The van der Waals surface area contributed by atoms with Crippen LogP contribution < -0.4 is 5.32 Å². The van der Waals surface area contributed by atoms with Crippen LogP contribution in [-0.2, 0) is 22.6 Å². The Morgan fingerprint density at radius 2 is 1.72 bits per heavy atom. The van der Waals surface area contributed by atoms with Crippen molar-refractivity contribution in [3.05, 3.63) is 83.3 Å². The highest BCUT2D eigenvalue weighted by Crippen LogP contribution is 2.38. The van der Waals surface area contributed by atoms with Gasteiger partial charge < -0.3 is 20.6 Å². The number of carbonyl (C=O) groups is 2. The molecule has 0 spiro atoms. The van der Waals surface area contributed by atoms with Gasteiger partial charge >= 0.3 is 11.9 Å². The lowest BCUT2D eigenvalue weighted by atomic mass is 9.90. The van der Waals surface area contributed by atoms with Crippen LogP contribution in [0.2, 0.25) is 0 Å². The monoisotopic (exact) mass is 438 g/mol. The largest absolute Gasteiger partial charge is 0.478 e. The summed E-state index contributed by atoms with van der Waals surface area (Å²) in [5.41, 5.74) is 4.21. The lowest BCUT2D eigenvalue weighted by Crippen LogP contribution is -2.15. The Kier molecular flexibility index (Phi) is 7.51. The first-order valence-corrected chi connectivity index (χ1v) is 10.1. The number of aryl methyl sites for hydroxylation is 1. The number of pyridine rings is 1. The Bertz CT molecular complexity index is 1150. The first-order valence-electron chi connectivity index (χ1n) is 10.1. The molecule has 0 saturated heterocycles. The van der Waals surface area contributed by atoms with Gasteiger partial charge in [-0.3, -0.25) is 4.98 Å². The van der Waals surface area contributed by atoms with Crippen molar-refractivity contribution in [1.82, 2.24) is 4.98 Å². The molecule has 0 fully saturated rings. The molecule has 1 unspecified atom stereocenters. The van der Waals surface area contributed by atoms with Gasteiger partial charge in [-0.05, 0) is 31.4 Å². The van der Waals surface area contributed by atoms with E-state index in [1.54, 1.807) is 12.1 Å². The zero-order chi connectivity index (χ0) is 23.1. The van der Waals surface area contributed by atoms with Crippen LogP contribution in [0, 0.1) is 5.82 Å². The molecule has 3 aromatic rings. The second kappa shape index (κ2) is 10.5. The molecule has 1 atom stereocenters. The molecule has 8 heteroatoms. The molecule has 0 bridgehead atoms. The van der Waals surface area contributed by atoms with Crippen molar-refractivity contribution < 1.29 is 29.3 Å². The normalized spacial score (nSPS) is 15.0. The summed E-state index contributed by atoms with van der Waals surface area (Å²) in [5, 5.41) is 30.5. The molecule has 4 rings (SSSR count). The first kappa shape index (κ1) is 22.9. The fraction of sp³-hybridized carbons (Fsp3) is 0.208. The van der Waals surface area contributed by atoms with E-state index < -0.39 is 18.0 Å².